The number of carbonyl (C=O) groups is 3. The Morgan fingerprint density at radius 3 is 2.70 bits per heavy atom. The summed E-state index contributed by atoms with van der Waals surface area (Å²) < 4.78 is 0. The molecule has 108 valence electrons. The summed E-state index contributed by atoms with van der Waals surface area (Å²) in [5.41, 5.74) is -0.0273. The van der Waals surface area contributed by atoms with E-state index in [-0.39, 0.29) is 17.6 Å². The Morgan fingerprint density at radius 2 is 2.20 bits per heavy atom. The molecule has 2 N–H and O–H groups in total. The summed E-state index contributed by atoms with van der Waals surface area (Å²) in [6.07, 6.45) is 1.59. The first-order chi connectivity index (χ1) is 9.38. The summed E-state index contributed by atoms with van der Waals surface area (Å²) in [6.45, 7) is 3.23. The monoisotopic (exact) mass is 297 g/mol. The Labute approximate surface area is 120 Å². The number of rotatable bonds is 5. The second-order valence-electron chi connectivity index (χ2n) is 4.84. The molecule has 1 saturated heterocycles. The van der Waals surface area contributed by atoms with Gasteiger partial charge in [-0.05, 0) is 24.8 Å². The maximum absolute atomic E-state index is 11.9. The molecule has 0 aliphatic carbocycles. The van der Waals surface area contributed by atoms with Gasteiger partial charge in [0, 0.05) is 11.3 Å². The van der Waals surface area contributed by atoms with E-state index in [9.17, 15) is 24.6 Å². The van der Waals surface area contributed by atoms with Crippen LogP contribution < -0.4 is 0 Å². The molecule has 1 amide bonds. The summed E-state index contributed by atoms with van der Waals surface area (Å²) in [5, 5.41) is 18.9. The first-order valence-electron chi connectivity index (χ1n) is 6.16. The van der Waals surface area contributed by atoms with Crippen molar-refractivity contribution in [3.05, 3.63) is 21.6 Å². The van der Waals surface area contributed by atoms with E-state index in [0.29, 0.717) is 22.5 Å². The number of carboxylic acid groups (broad SMARTS) is 1. The highest BCUT2D eigenvalue weighted by molar-refractivity contribution is 8.06. The third kappa shape index (κ3) is 2.27. The lowest BCUT2D eigenvalue weighted by Crippen LogP contribution is -2.61. The van der Waals surface area contributed by atoms with Gasteiger partial charge in [-0.1, -0.05) is 11.8 Å². The highest BCUT2D eigenvalue weighted by atomic mass is 32.2. The van der Waals surface area contributed by atoms with E-state index in [1.54, 1.807) is 6.92 Å². The van der Waals surface area contributed by atoms with Gasteiger partial charge in [0.25, 0.3) is 0 Å². The summed E-state index contributed by atoms with van der Waals surface area (Å²) >= 11 is 1.18. The second kappa shape index (κ2) is 5.41. The molecular weight excluding hydrogens is 282 g/mol. The van der Waals surface area contributed by atoms with E-state index in [2.05, 4.69) is 0 Å². The van der Waals surface area contributed by atoms with Crippen LogP contribution in [0.1, 0.15) is 20.3 Å². The van der Waals surface area contributed by atoms with Crippen LogP contribution in [0.4, 0.5) is 0 Å². The van der Waals surface area contributed by atoms with Crippen molar-refractivity contribution >= 4 is 29.9 Å². The number of fused-ring (bicyclic) bond motifs is 1. The molecule has 2 heterocycles. The third-order valence-electron chi connectivity index (χ3n) is 3.48. The minimum Gasteiger partial charge on any atom is -0.477 e. The van der Waals surface area contributed by atoms with Crippen LogP contribution in [0.15, 0.2) is 21.6 Å². The topological polar surface area (TPSA) is 94.9 Å². The molecule has 1 fully saturated rings. The molecule has 0 bridgehead atoms. The highest BCUT2D eigenvalue weighted by Gasteiger charge is 2.56. The first-order valence-corrected chi connectivity index (χ1v) is 6.97. The molecule has 2 rings (SSSR count). The smallest absolute Gasteiger partial charge is 0.353 e. The van der Waals surface area contributed by atoms with Crippen LogP contribution in [0.25, 0.3) is 0 Å². The molecule has 2 aliphatic rings. The van der Waals surface area contributed by atoms with Crippen LogP contribution >= 0.6 is 11.8 Å². The zero-order valence-electron chi connectivity index (χ0n) is 11.1. The fourth-order valence-electron chi connectivity index (χ4n) is 2.65. The fraction of sp³-hybridized carbons (Fsp3) is 0.462. The molecule has 7 heteroatoms. The van der Waals surface area contributed by atoms with Crippen LogP contribution in [0, 0.1) is 5.92 Å². The molecule has 0 saturated carbocycles. The third-order valence-corrected chi connectivity index (χ3v) is 4.54. The van der Waals surface area contributed by atoms with Crippen molar-refractivity contribution in [3.63, 3.8) is 0 Å². The van der Waals surface area contributed by atoms with Crippen molar-refractivity contribution in [2.24, 2.45) is 5.92 Å². The molecule has 0 spiro atoms. The lowest BCUT2D eigenvalue weighted by Gasteiger charge is -2.44. The number of thioether (sulfide) groups is 1. The van der Waals surface area contributed by atoms with E-state index >= 15 is 0 Å². The molecule has 0 radical (unpaired) electrons. The number of carbonyl (C=O) groups excluding carboxylic acids is 2. The zero-order valence-corrected chi connectivity index (χ0v) is 11.9. The zero-order chi connectivity index (χ0) is 15.0. The number of aldehydes is 1. The van der Waals surface area contributed by atoms with Gasteiger partial charge in [0.15, 0.2) is 0 Å². The Morgan fingerprint density at radius 1 is 1.55 bits per heavy atom. The molecule has 6 nitrogen and oxygen atoms in total. The van der Waals surface area contributed by atoms with E-state index in [1.807, 2.05) is 0 Å². The van der Waals surface area contributed by atoms with E-state index in [1.165, 1.54) is 29.7 Å². The van der Waals surface area contributed by atoms with Crippen LogP contribution in [0.3, 0.4) is 0 Å². The SMILES string of the molecule is CC(=CC=O)SC1=C(C(=O)O)N2C(=O)[C@H]([C@@H](C)O)[C@H]2C1. The molecule has 0 aromatic carbocycles. The van der Waals surface area contributed by atoms with Crippen molar-refractivity contribution < 1.29 is 24.6 Å². The maximum Gasteiger partial charge on any atom is 0.353 e. The Hall–Kier alpha value is -1.60. The van der Waals surface area contributed by atoms with Gasteiger partial charge in [0.1, 0.15) is 12.0 Å². The number of β-lactam (4-membered cyclic amide) rings is 1. The predicted molar refractivity (Wildman–Crippen MR) is 72.5 cm³/mol. The van der Waals surface area contributed by atoms with Gasteiger partial charge in [-0.2, -0.15) is 0 Å². The van der Waals surface area contributed by atoms with Crippen molar-refractivity contribution in [2.75, 3.05) is 0 Å². The van der Waals surface area contributed by atoms with Crippen molar-refractivity contribution in [1.29, 1.82) is 0 Å². The van der Waals surface area contributed by atoms with Gasteiger partial charge in [-0.25, -0.2) is 4.79 Å². The van der Waals surface area contributed by atoms with Crippen LogP contribution in [0.2, 0.25) is 0 Å². The lowest BCUT2D eigenvalue weighted by molar-refractivity contribution is -0.161. The summed E-state index contributed by atoms with van der Waals surface area (Å²) in [7, 11) is 0. The number of aliphatic hydroxyl groups is 1. The summed E-state index contributed by atoms with van der Waals surface area (Å²) in [4.78, 5) is 36.2. The standard InChI is InChI=1S/C13H15NO5S/c1-6(3-4-15)20-9-5-8-10(7(2)16)12(17)14(8)11(9)13(18)19/h3-4,7-8,10,16H,5H2,1-2H3,(H,18,19)/t7-,8-,10-/m1/s1. The van der Waals surface area contributed by atoms with Crippen molar-refractivity contribution in [2.45, 2.75) is 32.4 Å². The summed E-state index contributed by atoms with van der Waals surface area (Å²) in [6, 6.07) is -0.292. The number of amides is 1. The van der Waals surface area contributed by atoms with Crippen LogP contribution in [-0.4, -0.2) is 45.4 Å². The van der Waals surface area contributed by atoms with E-state index < -0.39 is 18.0 Å². The minimum atomic E-state index is -1.16. The average Bonchev–Trinajstić information content (AvgIpc) is 2.63. The van der Waals surface area contributed by atoms with E-state index in [4.69, 9.17) is 0 Å². The number of carboxylic acids is 1. The van der Waals surface area contributed by atoms with E-state index in [0.717, 1.165) is 0 Å². The molecular formula is C13H15NO5S. The van der Waals surface area contributed by atoms with Crippen molar-refractivity contribution in [1.82, 2.24) is 4.90 Å². The van der Waals surface area contributed by atoms with Crippen LogP contribution in [0.5, 0.6) is 0 Å². The van der Waals surface area contributed by atoms with Gasteiger partial charge >= 0.3 is 5.97 Å². The fourth-order valence-corrected chi connectivity index (χ4v) is 3.70. The lowest BCUT2D eigenvalue weighted by atomic mass is 9.83. The van der Waals surface area contributed by atoms with Gasteiger partial charge < -0.3 is 15.1 Å². The number of hydrogen-bond donors (Lipinski definition) is 2. The Balaban J connectivity index is 2.28. The minimum absolute atomic E-state index is 0.0273. The molecule has 0 aromatic heterocycles. The number of allylic oxidation sites excluding steroid dienone is 2. The molecule has 20 heavy (non-hydrogen) atoms. The number of aliphatic hydroxyl groups excluding tert-OH is 1. The first kappa shape index (κ1) is 14.8. The average molecular weight is 297 g/mol. The Bertz CT molecular complexity index is 537. The van der Waals surface area contributed by atoms with Crippen molar-refractivity contribution in [3.8, 4) is 0 Å². The second-order valence-corrected chi connectivity index (χ2v) is 6.18. The van der Waals surface area contributed by atoms with Crippen LogP contribution in [-0.2, 0) is 14.4 Å². The molecule has 3 atom stereocenters. The summed E-state index contributed by atoms with van der Waals surface area (Å²) in [5.74, 6) is -2.06. The number of aliphatic carboxylic acids is 1. The van der Waals surface area contributed by atoms with Gasteiger partial charge in [-0.15, -0.1) is 0 Å². The normalized spacial score (nSPS) is 27.2. The highest BCUT2D eigenvalue weighted by Crippen LogP contribution is 2.48. The quantitative estimate of drug-likeness (QED) is 0.441. The Kier molecular flexibility index (Phi) is 4.01. The predicted octanol–water partition coefficient (Wildman–Crippen LogP) is 0.730. The maximum atomic E-state index is 11.9. The molecule has 2 aliphatic heterocycles. The molecule has 0 unspecified atom stereocenters. The van der Waals surface area contributed by atoms with Gasteiger partial charge in [0.2, 0.25) is 5.91 Å². The number of nitrogens with zero attached hydrogens (tertiary/aromatic N) is 1. The molecule has 0 aromatic rings. The largest absolute Gasteiger partial charge is 0.477 e. The van der Waals surface area contributed by atoms with Gasteiger partial charge in [-0.3, -0.25) is 9.59 Å². The number of hydrogen-bond acceptors (Lipinski definition) is 5. The van der Waals surface area contributed by atoms with Gasteiger partial charge in [0.05, 0.1) is 18.1 Å².